The zero-order valence-electron chi connectivity index (χ0n) is 8.38. The van der Waals surface area contributed by atoms with Gasteiger partial charge in [-0.15, -0.1) is 0 Å². The number of anilines is 1. The molecule has 16 heavy (non-hydrogen) atoms. The van der Waals surface area contributed by atoms with E-state index in [4.69, 9.17) is 10.3 Å². The molecule has 4 N–H and O–H groups in total. The van der Waals surface area contributed by atoms with Crippen LogP contribution in [0.2, 0.25) is 0 Å². The summed E-state index contributed by atoms with van der Waals surface area (Å²) in [6, 6.07) is 4.08. The van der Waals surface area contributed by atoms with Gasteiger partial charge in [-0.1, -0.05) is 0 Å². The van der Waals surface area contributed by atoms with Crippen LogP contribution >= 0.6 is 0 Å². The van der Waals surface area contributed by atoms with Gasteiger partial charge in [-0.3, -0.25) is 4.55 Å². The highest BCUT2D eigenvalue weighted by atomic mass is 32.2. The van der Waals surface area contributed by atoms with Crippen LogP contribution in [0.15, 0.2) is 23.2 Å². The van der Waals surface area contributed by atoms with E-state index >= 15 is 0 Å². The second-order valence-electron chi connectivity index (χ2n) is 3.49. The lowest BCUT2D eigenvalue weighted by Gasteiger charge is -2.02. The zero-order valence-corrected chi connectivity index (χ0v) is 9.19. The highest BCUT2D eigenvalue weighted by molar-refractivity contribution is 7.85. The molecule has 0 spiro atoms. The van der Waals surface area contributed by atoms with E-state index in [1.165, 1.54) is 29.8 Å². The first kappa shape index (κ1) is 10.8. The largest absolute Gasteiger partial charge is 0.506 e. The molecule has 7 heteroatoms. The van der Waals surface area contributed by atoms with Crippen LogP contribution in [0.4, 0.5) is 5.69 Å². The van der Waals surface area contributed by atoms with Crippen molar-refractivity contribution in [3.63, 3.8) is 0 Å². The number of rotatable bonds is 1. The van der Waals surface area contributed by atoms with Gasteiger partial charge in [0.05, 0.1) is 11.2 Å². The van der Waals surface area contributed by atoms with E-state index in [1.54, 1.807) is 0 Å². The molecule has 0 atom stereocenters. The van der Waals surface area contributed by atoms with Gasteiger partial charge in [-0.25, -0.2) is 0 Å². The number of nitrogen functional groups attached to an aromatic ring is 1. The number of hydrogen-bond acceptors (Lipinski definition) is 4. The summed E-state index contributed by atoms with van der Waals surface area (Å²) in [6.07, 6.45) is 0. The number of nitrogens with two attached hydrogens (primary N) is 1. The van der Waals surface area contributed by atoms with E-state index in [0.717, 1.165) is 0 Å². The van der Waals surface area contributed by atoms with Crippen LogP contribution in [0.3, 0.4) is 0 Å². The molecule has 1 aromatic carbocycles. The lowest BCUT2D eigenvalue weighted by molar-refractivity contribution is 0.473. The summed E-state index contributed by atoms with van der Waals surface area (Å²) in [6.45, 7) is 0. The van der Waals surface area contributed by atoms with Crippen LogP contribution in [-0.4, -0.2) is 22.6 Å². The Morgan fingerprint density at radius 2 is 1.94 bits per heavy atom. The third-order valence-corrected chi connectivity index (χ3v) is 3.33. The van der Waals surface area contributed by atoms with Crippen LogP contribution in [0.5, 0.6) is 5.75 Å². The normalized spacial score (nSPS) is 12.1. The minimum absolute atomic E-state index is 0.129. The molecule has 0 saturated heterocycles. The van der Waals surface area contributed by atoms with E-state index in [-0.39, 0.29) is 16.5 Å². The molecule has 2 rings (SSSR count). The molecule has 0 bridgehead atoms. The lowest BCUT2D eigenvalue weighted by atomic mass is 10.2. The molecule has 0 aliphatic carbocycles. The van der Waals surface area contributed by atoms with Crippen LogP contribution in [0.25, 0.3) is 10.9 Å². The van der Waals surface area contributed by atoms with Crippen molar-refractivity contribution in [2.75, 3.05) is 5.73 Å². The molecular formula is C9H10N2O4S. The smallest absolute Gasteiger partial charge is 0.310 e. The monoisotopic (exact) mass is 242 g/mol. The first-order valence-corrected chi connectivity index (χ1v) is 5.80. The lowest BCUT2D eigenvalue weighted by Crippen LogP contribution is -2.04. The summed E-state index contributed by atoms with van der Waals surface area (Å²) in [7, 11) is -2.81. The van der Waals surface area contributed by atoms with Gasteiger partial charge in [-0.05, 0) is 12.1 Å². The van der Waals surface area contributed by atoms with Crippen molar-refractivity contribution in [2.24, 2.45) is 7.05 Å². The average Bonchev–Trinajstić information content (AvgIpc) is 2.45. The maximum absolute atomic E-state index is 11.0. The number of nitrogens with zero attached hydrogens (tertiary/aromatic N) is 1. The highest BCUT2D eigenvalue weighted by Gasteiger charge is 2.17. The Balaban J connectivity index is 2.89. The molecule has 86 valence electrons. The molecule has 0 saturated carbocycles. The summed E-state index contributed by atoms with van der Waals surface area (Å²) in [5, 5.41) is 9.69. The molecule has 0 radical (unpaired) electrons. The fraction of sp³-hybridized carbons (Fsp3) is 0.111. The van der Waals surface area contributed by atoms with E-state index < -0.39 is 10.1 Å². The minimum atomic E-state index is -4.28. The van der Waals surface area contributed by atoms with Gasteiger partial charge in [-0.2, -0.15) is 8.42 Å². The van der Waals surface area contributed by atoms with Gasteiger partial charge in [0.1, 0.15) is 5.75 Å². The number of hydrogen-bond donors (Lipinski definition) is 3. The van der Waals surface area contributed by atoms with E-state index in [2.05, 4.69) is 0 Å². The summed E-state index contributed by atoms with van der Waals surface area (Å²) in [5.41, 5.74) is 6.11. The summed E-state index contributed by atoms with van der Waals surface area (Å²) in [4.78, 5) is 0. The molecule has 1 heterocycles. The van der Waals surface area contributed by atoms with Crippen LogP contribution < -0.4 is 5.73 Å². The van der Waals surface area contributed by atoms with Crippen molar-refractivity contribution in [3.8, 4) is 5.75 Å². The molecule has 2 aromatic rings. The summed E-state index contributed by atoms with van der Waals surface area (Å²) < 4.78 is 32.3. The molecule has 0 fully saturated rings. The van der Waals surface area contributed by atoms with E-state index in [1.807, 2.05) is 0 Å². The van der Waals surface area contributed by atoms with Crippen molar-refractivity contribution >= 4 is 26.7 Å². The van der Waals surface area contributed by atoms with Gasteiger partial charge in [0.25, 0.3) is 0 Å². The van der Waals surface area contributed by atoms with Gasteiger partial charge in [0.15, 0.2) is 5.03 Å². The number of aromatic hydroxyl groups is 1. The summed E-state index contributed by atoms with van der Waals surface area (Å²) in [5.74, 6) is -0.129. The van der Waals surface area contributed by atoms with Crippen molar-refractivity contribution in [2.45, 2.75) is 5.03 Å². The SMILES string of the molecule is Cn1c(S(=O)(=O)O)cc2cc(N)c(O)cc21. The minimum Gasteiger partial charge on any atom is -0.506 e. The van der Waals surface area contributed by atoms with Crippen LogP contribution in [0, 0.1) is 0 Å². The first-order chi connectivity index (χ1) is 7.30. The first-order valence-electron chi connectivity index (χ1n) is 4.36. The number of aryl methyl sites for hydroxylation is 1. The highest BCUT2D eigenvalue weighted by Crippen LogP contribution is 2.30. The predicted molar refractivity (Wildman–Crippen MR) is 58.8 cm³/mol. The van der Waals surface area contributed by atoms with Crippen molar-refractivity contribution in [3.05, 3.63) is 18.2 Å². The number of phenols is 1. The quantitative estimate of drug-likeness (QED) is 0.388. The fourth-order valence-electron chi connectivity index (χ4n) is 1.61. The van der Waals surface area contributed by atoms with E-state index in [9.17, 15) is 13.5 Å². The Morgan fingerprint density at radius 1 is 1.31 bits per heavy atom. The van der Waals surface area contributed by atoms with Gasteiger partial charge in [0, 0.05) is 18.5 Å². The van der Waals surface area contributed by atoms with Gasteiger partial charge < -0.3 is 15.4 Å². The van der Waals surface area contributed by atoms with Crippen molar-refractivity contribution in [1.29, 1.82) is 0 Å². The topological polar surface area (TPSA) is 106 Å². The third kappa shape index (κ3) is 1.50. The number of phenolic OH excluding ortho intramolecular Hbond substituents is 1. The van der Waals surface area contributed by atoms with E-state index in [0.29, 0.717) is 10.9 Å². The average molecular weight is 242 g/mol. The van der Waals surface area contributed by atoms with Crippen molar-refractivity contribution < 1.29 is 18.1 Å². The molecule has 1 aromatic heterocycles. The third-order valence-electron chi connectivity index (χ3n) is 2.41. The Kier molecular flexibility index (Phi) is 2.11. The molecule has 0 unspecified atom stereocenters. The number of benzene rings is 1. The zero-order chi connectivity index (χ0) is 12.1. The van der Waals surface area contributed by atoms with Crippen molar-refractivity contribution in [1.82, 2.24) is 4.57 Å². The van der Waals surface area contributed by atoms with Gasteiger partial charge in [0.2, 0.25) is 0 Å². The second-order valence-corrected chi connectivity index (χ2v) is 4.85. The summed E-state index contributed by atoms with van der Waals surface area (Å²) >= 11 is 0. The maximum atomic E-state index is 11.0. The number of fused-ring (bicyclic) bond motifs is 1. The molecule has 6 nitrogen and oxygen atoms in total. The molecule has 0 amide bonds. The Bertz CT molecular complexity index is 672. The van der Waals surface area contributed by atoms with Crippen LogP contribution in [0.1, 0.15) is 0 Å². The Morgan fingerprint density at radius 3 is 2.50 bits per heavy atom. The Labute approximate surface area is 91.7 Å². The standard InChI is InChI=1S/C9H10N2O4S/c1-11-7-4-8(12)6(10)2-5(7)3-9(11)16(13,14)15/h2-4,12H,10H2,1H3,(H,13,14,15). The molecule has 0 aliphatic heterocycles. The second kappa shape index (κ2) is 3.13. The fourth-order valence-corrected chi connectivity index (χ4v) is 2.33. The van der Waals surface area contributed by atoms with Crippen LogP contribution in [-0.2, 0) is 17.2 Å². The Hall–Kier alpha value is -1.73. The number of aromatic nitrogens is 1. The predicted octanol–water partition coefficient (Wildman–Crippen LogP) is 0.713. The maximum Gasteiger partial charge on any atom is 0.310 e. The van der Waals surface area contributed by atoms with Gasteiger partial charge >= 0.3 is 10.1 Å². The molecule has 0 aliphatic rings. The molecular weight excluding hydrogens is 232 g/mol.